The van der Waals surface area contributed by atoms with E-state index in [-0.39, 0.29) is 6.10 Å². The van der Waals surface area contributed by atoms with Crippen LogP contribution in [0.1, 0.15) is 32.6 Å². The number of likely N-dealkylation sites (tertiary alicyclic amines) is 1. The Bertz CT molecular complexity index is 165. The molecule has 2 heteroatoms. The third-order valence-electron chi connectivity index (χ3n) is 3.75. The second kappa shape index (κ2) is 3.97. The van der Waals surface area contributed by atoms with Crippen LogP contribution in [0.4, 0.5) is 0 Å². The van der Waals surface area contributed by atoms with Crippen molar-refractivity contribution < 1.29 is 5.11 Å². The summed E-state index contributed by atoms with van der Waals surface area (Å²) in [7, 11) is 0. The first kappa shape index (κ1) is 9.47. The first-order chi connectivity index (χ1) is 6.29. The molecule has 1 saturated heterocycles. The molecule has 0 aromatic carbocycles. The summed E-state index contributed by atoms with van der Waals surface area (Å²) in [5, 5.41) is 9.72. The van der Waals surface area contributed by atoms with Crippen molar-refractivity contribution in [2.24, 2.45) is 11.8 Å². The Morgan fingerprint density at radius 1 is 1.31 bits per heavy atom. The standard InChI is InChI=1S/C11H21NO/c1-2-10-7-12(8-11(10)13)6-9-4-3-5-9/h9-11,13H,2-8H2,1H3. The van der Waals surface area contributed by atoms with Crippen LogP contribution in [0.2, 0.25) is 0 Å². The van der Waals surface area contributed by atoms with Crippen LogP contribution in [0.5, 0.6) is 0 Å². The van der Waals surface area contributed by atoms with Gasteiger partial charge in [-0.2, -0.15) is 0 Å². The van der Waals surface area contributed by atoms with Crippen molar-refractivity contribution in [1.82, 2.24) is 4.90 Å². The SMILES string of the molecule is CCC1CN(CC2CCC2)CC1O. The van der Waals surface area contributed by atoms with Gasteiger partial charge in [0.25, 0.3) is 0 Å². The largest absolute Gasteiger partial charge is 0.391 e. The van der Waals surface area contributed by atoms with Crippen LogP contribution < -0.4 is 0 Å². The highest BCUT2D eigenvalue weighted by Gasteiger charge is 2.31. The van der Waals surface area contributed by atoms with Crippen molar-refractivity contribution in [3.8, 4) is 0 Å². The van der Waals surface area contributed by atoms with Crippen LogP contribution in [-0.2, 0) is 0 Å². The minimum Gasteiger partial charge on any atom is -0.391 e. The predicted octanol–water partition coefficient (Wildman–Crippen LogP) is 1.49. The Morgan fingerprint density at radius 3 is 2.54 bits per heavy atom. The molecule has 0 radical (unpaired) electrons. The summed E-state index contributed by atoms with van der Waals surface area (Å²) in [5.74, 6) is 1.49. The van der Waals surface area contributed by atoms with Gasteiger partial charge in [-0.25, -0.2) is 0 Å². The molecule has 1 aliphatic heterocycles. The lowest BCUT2D eigenvalue weighted by Gasteiger charge is -2.29. The fourth-order valence-electron chi connectivity index (χ4n) is 2.53. The van der Waals surface area contributed by atoms with Gasteiger partial charge in [-0.3, -0.25) is 0 Å². The number of hydrogen-bond donors (Lipinski definition) is 1. The molecule has 0 bridgehead atoms. The summed E-state index contributed by atoms with van der Waals surface area (Å²) in [4.78, 5) is 2.46. The molecule has 2 rings (SSSR count). The Labute approximate surface area is 80.9 Å². The van der Waals surface area contributed by atoms with E-state index < -0.39 is 0 Å². The van der Waals surface area contributed by atoms with Gasteiger partial charge in [0, 0.05) is 19.6 Å². The second-order valence-corrected chi connectivity index (χ2v) is 4.75. The van der Waals surface area contributed by atoms with Crippen molar-refractivity contribution >= 4 is 0 Å². The average Bonchev–Trinajstić information content (AvgIpc) is 2.39. The summed E-state index contributed by atoms with van der Waals surface area (Å²) < 4.78 is 0. The zero-order valence-electron chi connectivity index (χ0n) is 8.58. The van der Waals surface area contributed by atoms with Gasteiger partial charge in [-0.15, -0.1) is 0 Å². The maximum absolute atomic E-state index is 9.72. The lowest BCUT2D eigenvalue weighted by molar-refractivity contribution is 0.134. The Morgan fingerprint density at radius 2 is 2.08 bits per heavy atom. The molecular weight excluding hydrogens is 162 g/mol. The van der Waals surface area contributed by atoms with E-state index >= 15 is 0 Å². The molecule has 1 heterocycles. The molecule has 2 atom stereocenters. The average molecular weight is 183 g/mol. The minimum absolute atomic E-state index is 0.0509. The maximum atomic E-state index is 9.72. The van der Waals surface area contributed by atoms with Crippen LogP contribution in [-0.4, -0.2) is 35.7 Å². The number of hydrogen-bond acceptors (Lipinski definition) is 2. The molecule has 2 fully saturated rings. The molecule has 76 valence electrons. The lowest BCUT2D eigenvalue weighted by Crippen LogP contribution is -2.31. The summed E-state index contributed by atoms with van der Waals surface area (Å²) in [5.41, 5.74) is 0. The van der Waals surface area contributed by atoms with E-state index in [1.54, 1.807) is 0 Å². The third-order valence-corrected chi connectivity index (χ3v) is 3.75. The van der Waals surface area contributed by atoms with E-state index in [9.17, 15) is 5.11 Å². The molecular formula is C11H21NO. The van der Waals surface area contributed by atoms with E-state index in [0.717, 1.165) is 25.4 Å². The quantitative estimate of drug-likeness (QED) is 0.716. The number of nitrogens with zero attached hydrogens (tertiary/aromatic N) is 1. The molecule has 1 saturated carbocycles. The van der Waals surface area contributed by atoms with E-state index in [1.165, 1.54) is 25.8 Å². The van der Waals surface area contributed by atoms with Gasteiger partial charge in [0.2, 0.25) is 0 Å². The fourth-order valence-corrected chi connectivity index (χ4v) is 2.53. The molecule has 2 nitrogen and oxygen atoms in total. The molecule has 13 heavy (non-hydrogen) atoms. The monoisotopic (exact) mass is 183 g/mol. The van der Waals surface area contributed by atoms with Crippen molar-refractivity contribution in [1.29, 1.82) is 0 Å². The van der Waals surface area contributed by atoms with E-state index in [1.807, 2.05) is 0 Å². The first-order valence-corrected chi connectivity index (χ1v) is 5.70. The van der Waals surface area contributed by atoms with Crippen molar-refractivity contribution in [2.75, 3.05) is 19.6 Å². The van der Waals surface area contributed by atoms with E-state index in [4.69, 9.17) is 0 Å². The van der Waals surface area contributed by atoms with Gasteiger partial charge in [-0.05, 0) is 31.1 Å². The number of rotatable bonds is 3. The first-order valence-electron chi connectivity index (χ1n) is 5.70. The van der Waals surface area contributed by atoms with Crippen LogP contribution in [0.25, 0.3) is 0 Å². The molecule has 2 unspecified atom stereocenters. The summed E-state index contributed by atoms with van der Waals surface area (Å²) in [6, 6.07) is 0. The van der Waals surface area contributed by atoms with Gasteiger partial charge in [0.05, 0.1) is 6.10 Å². The normalized spacial score (nSPS) is 36.5. The summed E-state index contributed by atoms with van der Waals surface area (Å²) >= 11 is 0. The molecule has 0 aromatic heterocycles. The van der Waals surface area contributed by atoms with Gasteiger partial charge >= 0.3 is 0 Å². The molecule has 2 aliphatic rings. The molecule has 1 N–H and O–H groups in total. The highest BCUT2D eigenvalue weighted by Crippen LogP contribution is 2.29. The molecule has 0 spiro atoms. The summed E-state index contributed by atoms with van der Waals surface area (Å²) in [6.45, 7) is 5.48. The maximum Gasteiger partial charge on any atom is 0.0707 e. The van der Waals surface area contributed by atoms with Gasteiger partial charge in [0.1, 0.15) is 0 Å². The van der Waals surface area contributed by atoms with Gasteiger partial charge < -0.3 is 10.0 Å². The zero-order valence-corrected chi connectivity index (χ0v) is 8.58. The van der Waals surface area contributed by atoms with Gasteiger partial charge in [-0.1, -0.05) is 13.3 Å². The molecule has 1 aliphatic carbocycles. The summed E-state index contributed by atoms with van der Waals surface area (Å²) in [6.07, 6.45) is 5.35. The van der Waals surface area contributed by atoms with Crippen LogP contribution >= 0.6 is 0 Å². The van der Waals surface area contributed by atoms with Crippen molar-refractivity contribution in [2.45, 2.75) is 38.7 Å². The number of β-amino-alcohol motifs (C(OH)–C–C–N with tert-alkyl or cyclic N) is 1. The Kier molecular flexibility index (Phi) is 2.89. The lowest BCUT2D eigenvalue weighted by atomic mass is 9.85. The highest BCUT2D eigenvalue weighted by molar-refractivity contribution is 4.85. The highest BCUT2D eigenvalue weighted by atomic mass is 16.3. The van der Waals surface area contributed by atoms with Gasteiger partial charge in [0.15, 0.2) is 0 Å². The number of aliphatic hydroxyl groups excluding tert-OH is 1. The van der Waals surface area contributed by atoms with Crippen molar-refractivity contribution in [3.05, 3.63) is 0 Å². The Hall–Kier alpha value is -0.0800. The second-order valence-electron chi connectivity index (χ2n) is 4.75. The fraction of sp³-hybridized carbons (Fsp3) is 1.00. The van der Waals surface area contributed by atoms with E-state index in [0.29, 0.717) is 5.92 Å². The van der Waals surface area contributed by atoms with Crippen LogP contribution in [0, 0.1) is 11.8 Å². The van der Waals surface area contributed by atoms with E-state index in [2.05, 4.69) is 11.8 Å². The van der Waals surface area contributed by atoms with Crippen molar-refractivity contribution in [3.63, 3.8) is 0 Å². The zero-order chi connectivity index (χ0) is 9.26. The molecule has 0 amide bonds. The predicted molar refractivity (Wildman–Crippen MR) is 53.6 cm³/mol. The number of aliphatic hydroxyl groups is 1. The third kappa shape index (κ3) is 2.05. The molecule has 0 aromatic rings. The van der Waals surface area contributed by atoms with Crippen LogP contribution in [0.15, 0.2) is 0 Å². The topological polar surface area (TPSA) is 23.5 Å². The minimum atomic E-state index is -0.0509. The van der Waals surface area contributed by atoms with Crippen LogP contribution in [0.3, 0.4) is 0 Å². The smallest absolute Gasteiger partial charge is 0.0707 e. The Balaban J connectivity index is 1.75.